The number of Topliss-reactive ketones (excluding diaryl/α,β-unsaturated/α-hetero) is 1. The fraction of sp³-hybridized carbons (Fsp3) is 0.400. The Morgan fingerprint density at radius 3 is 2.69 bits per heavy atom. The highest BCUT2D eigenvalue weighted by Crippen LogP contribution is 2.50. The topological polar surface area (TPSA) is 85.4 Å². The molecule has 2 aliphatic rings. The highest BCUT2D eigenvalue weighted by molar-refractivity contribution is 6.88. The number of benzene rings is 1. The van der Waals surface area contributed by atoms with Crippen molar-refractivity contribution in [2.24, 2.45) is 5.92 Å². The van der Waals surface area contributed by atoms with Crippen LogP contribution in [0.25, 0.3) is 16.5 Å². The van der Waals surface area contributed by atoms with Gasteiger partial charge in [-0.2, -0.15) is 0 Å². The molecule has 2 aromatic rings. The second-order valence-corrected chi connectivity index (χ2v) is 13.3. The lowest BCUT2D eigenvalue weighted by Gasteiger charge is -2.30. The molecule has 0 radical (unpaired) electrons. The monoisotopic (exact) mass is 368 g/mol. The van der Waals surface area contributed by atoms with Crippen LogP contribution in [0.3, 0.4) is 0 Å². The molecule has 5 nitrogen and oxygen atoms in total. The predicted octanol–water partition coefficient (Wildman–Crippen LogP) is 3.48. The second-order valence-electron chi connectivity index (χ2n) is 8.29. The molecule has 2 atom stereocenters. The Kier molecular flexibility index (Phi) is 3.75. The number of pyridine rings is 1. The van der Waals surface area contributed by atoms with Gasteiger partial charge in [-0.3, -0.25) is 4.79 Å². The third-order valence-electron chi connectivity index (χ3n) is 5.51. The van der Waals surface area contributed by atoms with E-state index in [-0.39, 0.29) is 11.7 Å². The van der Waals surface area contributed by atoms with E-state index < -0.39 is 14.2 Å². The van der Waals surface area contributed by atoms with Crippen LogP contribution in [-0.4, -0.2) is 31.1 Å². The van der Waals surface area contributed by atoms with Crippen LogP contribution in [0.4, 0.5) is 5.69 Å². The van der Waals surface area contributed by atoms with Gasteiger partial charge in [0.15, 0.2) is 5.78 Å². The number of ketones is 1. The van der Waals surface area contributed by atoms with E-state index in [4.69, 9.17) is 15.5 Å². The highest BCUT2D eigenvalue weighted by atomic mass is 28.3. The molecule has 26 heavy (non-hydrogen) atoms. The average Bonchev–Trinajstić information content (AvgIpc) is 2.90. The number of nitrogen functional groups attached to an aromatic ring is 1. The first-order valence-electron chi connectivity index (χ1n) is 8.95. The summed E-state index contributed by atoms with van der Waals surface area (Å²) in [5.74, 6) is 0.910. The minimum absolute atomic E-state index is 0.0762. The molecule has 6 heteroatoms. The molecule has 0 aliphatic heterocycles. The van der Waals surface area contributed by atoms with Gasteiger partial charge in [-0.15, -0.1) is 0 Å². The zero-order valence-corrected chi connectivity index (χ0v) is 16.6. The Labute approximate surface area is 153 Å². The van der Waals surface area contributed by atoms with Crippen molar-refractivity contribution in [2.75, 3.05) is 12.8 Å². The summed E-state index contributed by atoms with van der Waals surface area (Å²) in [4.78, 5) is 17.6. The molecular formula is C20H24N2O3Si. The maximum absolute atomic E-state index is 12.7. The van der Waals surface area contributed by atoms with Gasteiger partial charge in [-0.1, -0.05) is 19.6 Å². The van der Waals surface area contributed by atoms with Crippen LogP contribution in [0.1, 0.15) is 30.2 Å². The number of hydrogen-bond acceptors (Lipinski definition) is 5. The summed E-state index contributed by atoms with van der Waals surface area (Å²) in [7, 11) is -0.234. The van der Waals surface area contributed by atoms with Crippen molar-refractivity contribution in [3.8, 4) is 5.75 Å². The van der Waals surface area contributed by atoms with Gasteiger partial charge in [0.05, 0.1) is 38.2 Å². The van der Waals surface area contributed by atoms with Crippen molar-refractivity contribution < 1.29 is 14.6 Å². The zero-order chi connectivity index (χ0) is 18.8. The third kappa shape index (κ3) is 2.40. The summed E-state index contributed by atoms with van der Waals surface area (Å²) in [5.41, 5.74) is 10.1. The lowest BCUT2D eigenvalue weighted by atomic mass is 9.81. The van der Waals surface area contributed by atoms with Crippen molar-refractivity contribution in [1.29, 1.82) is 0 Å². The van der Waals surface area contributed by atoms with E-state index in [2.05, 4.69) is 19.6 Å². The summed E-state index contributed by atoms with van der Waals surface area (Å²) < 4.78 is 5.31. The normalized spacial score (nSPS) is 22.6. The molecule has 0 bridgehead atoms. The maximum Gasteiger partial charge on any atom is 0.155 e. The van der Waals surface area contributed by atoms with Crippen LogP contribution in [0.15, 0.2) is 23.4 Å². The van der Waals surface area contributed by atoms with Gasteiger partial charge in [-0.05, 0) is 41.3 Å². The van der Waals surface area contributed by atoms with E-state index >= 15 is 0 Å². The lowest BCUT2D eigenvalue weighted by Crippen LogP contribution is -2.28. The Bertz CT molecular complexity index is 975. The number of nitrogens with two attached hydrogens (primary N) is 1. The minimum atomic E-state index is -1.82. The molecule has 0 saturated heterocycles. The van der Waals surface area contributed by atoms with E-state index in [0.717, 1.165) is 32.9 Å². The number of fused-ring (bicyclic) bond motifs is 4. The number of aliphatic hydroxyl groups excluding tert-OH is 1. The number of rotatable bonds is 2. The third-order valence-corrected chi connectivity index (χ3v) is 7.56. The van der Waals surface area contributed by atoms with Crippen molar-refractivity contribution in [3.05, 3.63) is 34.7 Å². The predicted molar refractivity (Wildman–Crippen MR) is 106 cm³/mol. The number of allylic oxidation sites excluding steroid dienone is 2. The van der Waals surface area contributed by atoms with Crippen LogP contribution >= 0.6 is 0 Å². The van der Waals surface area contributed by atoms with Crippen LogP contribution in [0.2, 0.25) is 19.6 Å². The van der Waals surface area contributed by atoms with Gasteiger partial charge in [0.1, 0.15) is 5.75 Å². The van der Waals surface area contributed by atoms with Gasteiger partial charge < -0.3 is 15.6 Å². The largest absolute Gasteiger partial charge is 0.495 e. The fourth-order valence-corrected chi connectivity index (χ4v) is 6.49. The number of nitrogens with zero attached hydrogens (tertiary/aromatic N) is 1. The first-order valence-corrected chi connectivity index (χ1v) is 12.5. The number of carbonyl (C=O) groups excluding carboxylic acids is 1. The van der Waals surface area contributed by atoms with E-state index in [1.165, 1.54) is 0 Å². The Balaban J connectivity index is 2.04. The Hall–Kier alpha value is -2.18. The smallest absolute Gasteiger partial charge is 0.155 e. The number of aliphatic hydroxyl groups is 1. The van der Waals surface area contributed by atoms with Gasteiger partial charge >= 0.3 is 0 Å². The molecule has 2 unspecified atom stereocenters. The number of methoxy groups -OCH3 is 1. The maximum atomic E-state index is 12.7. The van der Waals surface area contributed by atoms with E-state index in [1.807, 2.05) is 12.1 Å². The van der Waals surface area contributed by atoms with Gasteiger partial charge in [0, 0.05) is 17.4 Å². The number of anilines is 1. The fourth-order valence-electron chi connectivity index (χ4n) is 4.42. The minimum Gasteiger partial charge on any atom is -0.495 e. The Morgan fingerprint density at radius 1 is 1.31 bits per heavy atom. The van der Waals surface area contributed by atoms with Crippen molar-refractivity contribution >= 4 is 36.0 Å². The number of hydrogen-bond donors (Lipinski definition) is 2. The van der Waals surface area contributed by atoms with E-state index in [9.17, 15) is 9.90 Å². The quantitative estimate of drug-likeness (QED) is 0.626. The second kappa shape index (κ2) is 5.66. The van der Waals surface area contributed by atoms with Crippen LogP contribution in [0, 0.1) is 5.92 Å². The molecule has 3 N–H and O–H groups in total. The molecule has 0 spiro atoms. The molecule has 4 rings (SSSR count). The molecule has 0 saturated carbocycles. The summed E-state index contributed by atoms with van der Waals surface area (Å²) in [6, 6.07) is 5.61. The zero-order valence-electron chi connectivity index (χ0n) is 15.6. The molecule has 136 valence electrons. The van der Waals surface area contributed by atoms with Gasteiger partial charge in [0.2, 0.25) is 0 Å². The summed E-state index contributed by atoms with van der Waals surface area (Å²) >= 11 is 0. The number of ether oxygens (including phenoxy) is 1. The summed E-state index contributed by atoms with van der Waals surface area (Å²) in [5, 5.41) is 12.5. The number of carbonyl (C=O) groups is 1. The molecular weight excluding hydrogens is 344 g/mol. The Morgan fingerprint density at radius 2 is 2.04 bits per heavy atom. The van der Waals surface area contributed by atoms with Crippen LogP contribution < -0.4 is 10.5 Å². The molecule has 1 aromatic heterocycles. The van der Waals surface area contributed by atoms with Crippen LogP contribution in [-0.2, 0) is 4.79 Å². The van der Waals surface area contributed by atoms with Crippen molar-refractivity contribution in [1.82, 2.24) is 4.98 Å². The van der Waals surface area contributed by atoms with Gasteiger partial charge in [0.25, 0.3) is 0 Å². The molecule has 1 aromatic carbocycles. The SMILES string of the molecule is COc1ccc2nc3c(cc2c1N)C(O)CC1CC(=O)C([Si](C)(C)C)=C31. The highest BCUT2D eigenvalue weighted by Gasteiger charge is 2.44. The standard InChI is InChI=1S/C20H24N2O3Si/c1-25-16-6-5-13-11(18(16)21)9-12-14(23)7-10-8-15(24)20(26(2,3)4)17(10)19(12)22-13/h5-6,9-10,14,23H,7-8,21H2,1-4H3. The summed E-state index contributed by atoms with van der Waals surface area (Å²) in [6.45, 7) is 6.60. The van der Waals surface area contributed by atoms with Crippen molar-refractivity contribution in [3.63, 3.8) is 0 Å². The van der Waals surface area contributed by atoms with Crippen molar-refractivity contribution in [2.45, 2.75) is 38.6 Å². The van der Waals surface area contributed by atoms with Gasteiger partial charge in [-0.25, -0.2) is 4.98 Å². The first kappa shape index (κ1) is 17.2. The number of aromatic nitrogens is 1. The molecule has 1 heterocycles. The van der Waals surface area contributed by atoms with E-state index in [0.29, 0.717) is 24.3 Å². The van der Waals surface area contributed by atoms with E-state index in [1.54, 1.807) is 13.2 Å². The van der Waals surface area contributed by atoms with Crippen LogP contribution in [0.5, 0.6) is 5.75 Å². The molecule has 2 aliphatic carbocycles. The lowest BCUT2D eigenvalue weighted by molar-refractivity contribution is -0.115. The first-order chi connectivity index (χ1) is 12.2. The summed E-state index contributed by atoms with van der Waals surface area (Å²) in [6.07, 6.45) is 0.435. The average molecular weight is 369 g/mol. The molecule has 0 amide bonds. The molecule has 0 fully saturated rings.